The molecule has 0 aliphatic heterocycles. The molecule has 6 heteroatoms. The average molecular weight is 391 g/mol. The first-order chi connectivity index (χ1) is 14.1. The van der Waals surface area contributed by atoms with Crippen LogP contribution in [0, 0.1) is 0 Å². The van der Waals surface area contributed by atoms with Crippen LogP contribution in [0.5, 0.6) is 5.75 Å². The van der Waals surface area contributed by atoms with Gasteiger partial charge in [-0.3, -0.25) is 4.79 Å². The molecule has 0 heterocycles. The number of aliphatic carboxylic acids is 1. The lowest BCUT2D eigenvalue weighted by Crippen LogP contribution is -2.42. The van der Waals surface area contributed by atoms with Gasteiger partial charge in [-0.15, -0.1) is 0 Å². The van der Waals surface area contributed by atoms with Crippen molar-refractivity contribution in [2.75, 3.05) is 0 Å². The van der Waals surface area contributed by atoms with Gasteiger partial charge in [-0.05, 0) is 35.4 Å². The zero-order valence-electron chi connectivity index (χ0n) is 15.7. The van der Waals surface area contributed by atoms with Crippen LogP contribution in [0.2, 0.25) is 0 Å². The Bertz CT molecular complexity index is 944. The van der Waals surface area contributed by atoms with Gasteiger partial charge in [0.15, 0.2) is 5.75 Å². The van der Waals surface area contributed by atoms with Gasteiger partial charge in [0.25, 0.3) is 5.91 Å². The van der Waals surface area contributed by atoms with Crippen molar-refractivity contribution in [1.82, 2.24) is 5.32 Å². The number of carbonyl (C=O) groups is 2. The third-order valence-corrected chi connectivity index (χ3v) is 4.20. The topological polar surface area (TPSA) is 84.9 Å². The minimum atomic E-state index is -1.11. The highest BCUT2D eigenvalue weighted by Gasteiger charge is 2.21. The molecule has 0 aliphatic rings. The first-order valence-corrected chi connectivity index (χ1v) is 9.13. The van der Waals surface area contributed by atoms with Crippen LogP contribution >= 0.6 is 0 Å². The lowest BCUT2D eigenvalue weighted by Gasteiger charge is -2.15. The normalized spacial score (nSPS) is 11.4. The van der Waals surface area contributed by atoms with E-state index in [-0.39, 0.29) is 13.0 Å². The van der Waals surface area contributed by atoms with Crippen LogP contribution in [-0.4, -0.2) is 23.0 Å². The van der Waals surface area contributed by atoms with Gasteiger partial charge in [-0.1, -0.05) is 60.7 Å². The lowest BCUT2D eigenvalue weighted by atomic mass is 10.1. The van der Waals surface area contributed by atoms with Crippen molar-refractivity contribution < 1.29 is 24.5 Å². The Hall–Kier alpha value is -3.64. The summed E-state index contributed by atoms with van der Waals surface area (Å²) in [5.74, 6) is -1.09. The summed E-state index contributed by atoms with van der Waals surface area (Å²) in [6.45, 7) is 0.288. The summed E-state index contributed by atoms with van der Waals surface area (Å²) in [6, 6.07) is 23.9. The van der Waals surface area contributed by atoms with E-state index in [0.29, 0.717) is 16.9 Å². The van der Waals surface area contributed by atoms with Crippen molar-refractivity contribution >= 4 is 11.9 Å². The van der Waals surface area contributed by atoms with Crippen LogP contribution < -0.4 is 10.2 Å². The van der Waals surface area contributed by atoms with Crippen LogP contribution in [0.3, 0.4) is 0 Å². The molecule has 3 rings (SSSR count). The molecule has 0 fully saturated rings. The predicted octanol–water partition coefficient (Wildman–Crippen LogP) is 3.62. The van der Waals surface area contributed by atoms with Crippen LogP contribution in [0.4, 0.5) is 0 Å². The Morgan fingerprint density at radius 1 is 0.862 bits per heavy atom. The van der Waals surface area contributed by atoms with Crippen LogP contribution in [0.1, 0.15) is 21.5 Å². The Morgan fingerprint density at radius 2 is 1.52 bits per heavy atom. The summed E-state index contributed by atoms with van der Waals surface area (Å²) in [5.41, 5.74) is 2.08. The fourth-order valence-corrected chi connectivity index (χ4v) is 2.73. The monoisotopic (exact) mass is 391 g/mol. The van der Waals surface area contributed by atoms with Crippen molar-refractivity contribution in [3.8, 4) is 5.75 Å². The Morgan fingerprint density at radius 3 is 2.21 bits per heavy atom. The van der Waals surface area contributed by atoms with E-state index in [1.807, 2.05) is 30.3 Å². The van der Waals surface area contributed by atoms with E-state index in [9.17, 15) is 14.7 Å². The number of carboxylic acids is 1. The lowest BCUT2D eigenvalue weighted by molar-refractivity contribution is -0.217. The number of rotatable bonds is 9. The molecule has 1 atom stereocenters. The number of carbonyl (C=O) groups excluding carboxylic acids is 1. The molecule has 0 bridgehead atoms. The average Bonchev–Trinajstić information content (AvgIpc) is 2.75. The fourth-order valence-electron chi connectivity index (χ4n) is 2.73. The first kappa shape index (κ1) is 20.1. The van der Waals surface area contributed by atoms with Crippen LogP contribution in [0.25, 0.3) is 0 Å². The van der Waals surface area contributed by atoms with Gasteiger partial charge >= 0.3 is 5.97 Å². The van der Waals surface area contributed by atoms with E-state index in [1.165, 1.54) is 0 Å². The number of carboxylic acid groups (broad SMARTS) is 1. The zero-order valence-corrected chi connectivity index (χ0v) is 15.7. The molecule has 148 valence electrons. The van der Waals surface area contributed by atoms with E-state index in [4.69, 9.17) is 9.78 Å². The van der Waals surface area contributed by atoms with E-state index < -0.39 is 17.9 Å². The highest BCUT2D eigenvalue weighted by atomic mass is 17.2. The number of benzene rings is 3. The fraction of sp³-hybridized carbons (Fsp3) is 0.130. The van der Waals surface area contributed by atoms with Crippen molar-refractivity contribution in [2.45, 2.75) is 19.1 Å². The second-order valence-electron chi connectivity index (χ2n) is 6.41. The van der Waals surface area contributed by atoms with Gasteiger partial charge < -0.3 is 15.3 Å². The molecule has 0 aromatic heterocycles. The summed E-state index contributed by atoms with van der Waals surface area (Å²) in [6.07, 6.45) is 0.115. The molecule has 29 heavy (non-hydrogen) atoms. The van der Waals surface area contributed by atoms with Gasteiger partial charge in [0, 0.05) is 12.0 Å². The van der Waals surface area contributed by atoms with Gasteiger partial charge in [0.2, 0.25) is 0 Å². The molecule has 1 unspecified atom stereocenters. The maximum atomic E-state index is 12.3. The van der Waals surface area contributed by atoms with Crippen LogP contribution in [0.15, 0.2) is 84.9 Å². The Kier molecular flexibility index (Phi) is 6.97. The molecule has 0 spiro atoms. The molecule has 3 aromatic carbocycles. The van der Waals surface area contributed by atoms with Crippen molar-refractivity contribution in [2.24, 2.45) is 0 Å². The molecule has 3 aromatic rings. The predicted molar refractivity (Wildman–Crippen MR) is 107 cm³/mol. The third kappa shape index (κ3) is 6.19. The Labute approximate surface area is 168 Å². The summed E-state index contributed by atoms with van der Waals surface area (Å²) < 4.78 is 0. The van der Waals surface area contributed by atoms with E-state index in [2.05, 4.69) is 5.32 Å². The van der Waals surface area contributed by atoms with E-state index >= 15 is 0 Å². The third-order valence-electron chi connectivity index (χ3n) is 4.20. The zero-order chi connectivity index (χ0) is 20.5. The van der Waals surface area contributed by atoms with E-state index in [0.717, 1.165) is 5.56 Å². The first-order valence-electron chi connectivity index (χ1n) is 9.13. The maximum absolute atomic E-state index is 12.3. The summed E-state index contributed by atoms with van der Waals surface area (Å²) in [7, 11) is 0. The molecule has 1 amide bonds. The molecular weight excluding hydrogens is 370 g/mol. The second-order valence-corrected chi connectivity index (χ2v) is 6.41. The number of hydrogen-bond acceptors (Lipinski definition) is 4. The summed E-state index contributed by atoms with van der Waals surface area (Å²) in [4.78, 5) is 34.4. The minimum absolute atomic E-state index is 0.115. The molecule has 2 N–H and O–H groups in total. The molecule has 6 nitrogen and oxygen atoms in total. The minimum Gasteiger partial charge on any atom is -0.480 e. The van der Waals surface area contributed by atoms with E-state index in [1.54, 1.807) is 54.6 Å². The molecule has 0 radical (unpaired) electrons. The van der Waals surface area contributed by atoms with Gasteiger partial charge in [0.05, 0.1) is 0 Å². The molecule has 0 aliphatic carbocycles. The second kappa shape index (κ2) is 10.1. The smallest absolute Gasteiger partial charge is 0.326 e. The number of amides is 1. The molecular formula is C23H21NO5. The SMILES string of the molecule is O=C(NC(Cc1cccc(OOCc2ccccc2)c1)C(=O)O)c1ccccc1. The number of hydrogen-bond donors (Lipinski definition) is 2. The molecule has 0 saturated carbocycles. The van der Waals surface area contributed by atoms with Gasteiger partial charge in [0.1, 0.15) is 12.6 Å². The standard InChI is InChI=1S/C23H21NO5/c25-22(19-11-5-2-6-12-19)24-21(23(26)27)15-18-10-7-13-20(14-18)29-28-16-17-8-3-1-4-9-17/h1-14,21H,15-16H2,(H,24,25)(H,26,27). The maximum Gasteiger partial charge on any atom is 0.326 e. The number of nitrogens with one attached hydrogen (secondary N) is 1. The quantitative estimate of drug-likeness (QED) is 0.430. The van der Waals surface area contributed by atoms with Crippen molar-refractivity contribution in [3.63, 3.8) is 0 Å². The van der Waals surface area contributed by atoms with Crippen LogP contribution in [-0.2, 0) is 22.7 Å². The summed E-state index contributed by atoms with van der Waals surface area (Å²) >= 11 is 0. The van der Waals surface area contributed by atoms with Gasteiger partial charge in [-0.25, -0.2) is 4.79 Å². The van der Waals surface area contributed by atoms with Crippen molar-refractivity contribution in [3.05, 3.63) is 102 Å². The highest BCUT2D eigenvalue weighted by molar-refractivity contribution is 5.96. The highest BCUT2D eigenvalue weighted by Crippen LogP contribution is 2.16. The van der Waals surface area contributed by atoms with Crippen molar-refractivity contribution in [1.29, 1.82) is 0 Å². The summed E-state index contributed by atoms with van der Waals surface area (Å²) in [5, 5.41) is 12.1. The van der Waals surface area contributed by atoms with Gasteiger partial charge in [-0.2, -0.15) is 4.89 Å². The largest absolute Gasteiger partial charge is 0.480 e. The Balaban J connectivity index is 1.59. The molecule has 0 saturated heterocycles.